The fraction of sp³-hybridized carbons (Fsp3) is 0.600. The third-order valence-corrected chi connectivity index (χ3v) is 5.07. The minimum atomic E-state index is -0.275. The standard InChI is InChI=1S/C15H18O3/c1-8-10-4-6-15(3)7-5-11(16)9(2)12(15)13(10)18-14(8)17/h5,7,9-10,12-13H,1,4,6H2,2-3H3/t9-,10+,12?,13+,15+/m1/s1. The van der Waals surface area contributed by atoms with Gasteiger partial charge in [-0.2, -0.15) is 0 Å². The summed E-state index contributed by atoms with van der Waals surface area (Å²) >= 11 is 0. The lowest BCUT2D eigenvalue weighted by Crippen LogP contribution is -2.49. The maximum Gasteiger partial charge on any atom is 0.334 e. The molecule has 3 aliphatic rings. The molecule has 0 amide bonds. The normalized spacial score (nSPS) is 46.7. The van der Waals surface area contributed by atoms with E-state index in [2.05, 4.69) is 13.5 Å². The third kappa shape index (κ3) is 1.36. The number of ketones is 1. The number of carbonyl (C=O) groups excluding carboxylic acids is 2. The number of fused-ring (bicyclic) bond motifs is 3. The van der Waals surface area contributed by atoms with E-state index in [-0.39, 0.29) is 41.0 Å². The Labute approximate surface area is 107 Å². The molecule has 0 radical (unpaired) electrons. The zero-order chi connectivity index (χ0) is 13.1. The van der Waals surface area contributed by atoms with Gasteiger partial charge in [0.05, 0.1) is 0 Å². The summed E-state index contributed by atoms with van der Waals surface area (Å²) in [5, 5.41) is 0. The first-order chi connectivity index (χ1) is 8.44. The molecule has 0 aromatic carbocycles. The molecular formula is C15H18O3. The average Bonchev–Trinajstić information content (AvgIpc) is 2.60. The zero-order valence-corrected chi connectivity index (χ0v) is 10.8. The molecule has 2 aliphatic carbocycles. The van der Waals surface area contributed by atoms with Gasteiger partial charge < -0.3 is 4.74 Å². The highest BCUT2D eigenvalue weighted by Gasteiger charge is 2.56. The molecule has 1 aliphatic heterocycles. The number of carbonyl (C=O) groups is 2. The van der Waals surface area contributed by atoms with Gasteiger partial charge in [-0.3, -0.25) is 4.79 Å². The molecule has 18 heavy (non-hydrogen) atoms. The summed E-state index contributed by atoms with van der Waals surface area (Å²) < 4.78 is 5.51. The molecule has 0 spiro atoms. The van der Waals surface area contributed by atoms with Crippen molar-refractivity contribution < 1.29 is 14.3 Å². The monoisotopic (exact) mass is 246 g/mol. The van der Waals surface area contributed by atoms with Crippen LogP contribution in [0.3, 0.4) is 0 Å². The Morgan fingerprint density at radius 3 is 2.89 bits per heavy atom. The Bertz CT molecular complexity index is 476. The number of esters is 1. The van der Waals surface area contributed by atoms with Crippen molar-refractivity contribution in [2.75, 3.05) is 0 Å². The van der Waals surface area contributed by atoms with E-state index < -0.39 is 0 Å². The van der Waals surface area contributed by atoms with Gasteiger partial charge in [0, 0.05) is 23.3 Å². The molecule has 1 unspecified atom stereocenters. The Kier molecular flexibility index (Phi) is 2.31. The van der Waals surface area contributed by atoms with Gasteiger partial charge in [-0.15, -0.1) is 0 Å². The fourth-order valence-electron chi connectivity index (χ4n) is 3.95. The van der Waals surface area contributed by atoms with Crippen LogP contribution in [0.2, 0.25) is 0 Å². The number of ether oxygens (including phenoxy) is 1. The molecule has 0 aromatic rings. The molecule has 3 heteroatoms. The van der Waals surface area contributed by atoms with Crippen LogP contribution >= 0.6 is 0 Å². The van der Waals surface area contributed by atoms with Gasteiger partial charge in [0.2, 0.25) is 0 Å². The van der Waals surface area contributed by atoms with Crippen LogP contribution in [0.1, 0.15) is 26.7 Å². The van der Waals surface area contributed by atoms with E-state index in [9.17, 15) is 9.59 Å². The number of hydrogen-bond donors (Lipinski definition) is 0. The van der Waals surface area contributed by atoms with Crippen LogP contribution in [0.5, 0.6) is 0 Å². The second-order valence-electron chi connectivity index (χ2n) is 6.10. The van der Waals surface area contributed by atoms with Gasteiger partial charge in [0.25, 0.3) is 0 Å². The molecule has 0 N–H and O–H groups in total. The van der Waals surface area contributed by atoms with Crippen LogP contribution in [0, 0.1) is 23.2 Å². The van der Waals surface area contributed by atoms with Gasteiger partial charge in [0.1, 0.15) is 6.10 Å². The van der Waals surface area contributed by atoms with Gasteiger partial charge in [-0.05, 0) is 24.3 Å². The summed E-state index contributed by atoms with van der Waals surface area (Å²) in [5.74, 6) is -0.00378. The lowest BCUT2D eigenvalue weighted by molar-refractivity contribution is -0.149. The lowest BCUT2D eigenvalue weighted by Gasteiger charge is -2.48. The second kappa shape index (κ2) is 3.56. The van der Waals surface area contributed by atoms with Crippen LogP contribution in [0.4, 0.5) is 0 Å². The van der Waals surface area contributed by atoms with Crippen LogP contribution in [0.25, 0.3) is 0 Å². The highest BCUT2D eigenvalue weighted by atomic mass is 16.6. The fourth-order valence-corrected chi connectivity index (χ4v) is 3.95. The zero-order valence-electron chi connectivity index (χ0n) is 10.8. The maximum absolute atomic E-state index is 11.9. The van der Waals surface area contributed by atoms with E-state index in [1.165, 1.54) is 0 Å². The van der Waals surface area contributed by atoms with Gasteiger partial charge >= 0.3 is 5.97 Å². The highest BCUT2D eigenvalue weighted by Crippen LogP contribution is 2.54. The molecule has 3 nitrogen and oxygen atoms in total. The predicted octanol–water partition coefficient (Wildman–Crippen LogP) is 2.28. The van der Waals surface area contributed by atoms with E-state index in [1.54, 1.807) is 6.08 Å². The van der Waals surface area contributed by atoms with Crippen molar-refractivity contribution in [1.82, 2.24) is 0 Å². The second-order valence-corrected chi connectivity index (χ2v) is 6.10. The van der Waals surface area contributed by atoms with Gasteiger partial charge in [0.15, 0.2) is 5.78 Å². The predicted molar refractivity (Wildman–Crippen MR) is 66.7 cm³/mol. The molecule has 0 aromatic heterocycles. The van der Waals surface area contributed by atoms with E-state index >= 15 is 0 Å². The topological polar surface area (TPSA) is 43.4 Å². The summed E-state index contributed by atoms with van der Waals surface area (Å²) in [6.45, 7) is 7.97. The van der Waals surface area contributed by atoms with E-state index in [4.69, 9.17) is 4.74 Å². The first kappa shape index (κ1) is 11.7. The Morgan fingerprint density at radius 2 is 2.17 bits per heavy atom. The highest BCUT2D eigenvalue weighted by molar-refractivity contribution is 5.94. The summed E-state index contributed by atoms with van der Waals surface area (Å²) in [7, 11) is 0. The quantitative estimate of drug-likeness (QED) is 0.486. The van der Waals surface area contributed by atoms with Crippen LogP contribution in [0.15, 0.2) is 24.3 Å². The molecule has 2 fully saturated rings. The molecule has 1 saturated carbocycles. The van der Waals surface area contributed by atoms with Crippen molar-refractivity contribution in [2.45, 2.75) is 32.8 Å². The summed E-state index contributed by atoms with van der Waals surface area (Å²) in [6, 6.07) is 0. The van der Waals surface area contributed by atoms with Crippen molar-refractivity contribution in [2.24, 2.45) is 23.2 Å². The Balaban J connectivity index is 2.03. The number of allylic oxidation sites excluding steroid dienone is 2. The average molecular weight is 246 g/mol. The molecule has 1 saturated heterocycles. The van der Waals surface area contributed by atoms with Gasteiger partial charge in [-0.1, -0.05) is 26.5 Å². The van der Waals surface area contributed by atoms with E-state index in [0.29, 0.717) is 5.57 Å². The SMILES string of the molecule is C=C1C(=O)O[C@@H]2C3[C@H](C)C(=O)C=C[C@]3(C)CC[C@@H]12. The molecule has 0 bridgehead atoms. The smallest absolute Gasteiger partial charge is 0.334 e. The number of hydrogen-bond acceptors (Lipinski definition) is 3. The van der Waals surface area contributed by atoms with Crippen molar-refractivity contribution in [1.29, 1.82) is 0 Å². The van der Waals surface area contributed by atoms with Crippen molar-refractivity contribution >= 4 is 11.8 Å². The molecule has 96 valence electrons. The van der Waals surface area contributed by atoms with Gasteiger partial charge in [-0.25, -0.2) is 4.79 Å². The van der Waals surface area contributed by atoms with Crippen molar-refractivity contribution in [3.63, 3.8) is 0 Å². The van der Waals surface area contributed by atoms with Crippen molar-refractivity contribution in [3.8, 4) is 0 Å². The summed E-state index contributed by atoms with van der Waals surface area (Å²) in [6.07, 6.45) is 5.47. The summed E-state index contributed by atoms with van der Waals surface area (Å²) in [5.41, 5.74) is 0.565. The Hall–Kier alpha value is -1.38. The van der Waals surface area contributed by atoms with Crippen molar-refractivity contribution in [3.05, 3.63) is 24.3 Å². The minimum Gasteiger partial charge on any atom is -0.458 e. The van der Waals surface area contributed by atoms with Crippen LogP contribution < -0.4 is 0 Å². The van der Waals surface area contributed by atoms with E-state index in [0.717, 1.165) is 12.8 Å². The lowest BCUT2D eigenvalue weighted by atomic mass is 9.56. The minimum absolute atomic E-state index is 0.0284. The van der Waals surface area contributed by atoms with Crippen LogP contribution in [-0.2, 0) is 14.3 Å². The largest absolute Gasteiger partial charge is 0.458 e. The third-order valence-electron chi connectivity index (χ3n) is 5.07. The maximum atomic E-state index is 11.9. The number of rotatable bonds is 0. The molecule has 1 heterocycles. The molecule has 3 rings (SSSR count). The molecular weight excluding hydrogens is 228 g/mol. The first-order valence-corrected chi connectivity index (χ1v) is 6.57. The van der Waals surface area contributed by atoms with E-state index in [1.807, 2.05) is 13.0 Å². The Morgan fingerprint density at radius 1 is 1.44 bits per heavy atom. The molecule has 5 atom stereocenters. The first-order valence-electron chi connectivity index (χ1n) is 6.57. The van der Waals surface area contributed by atoms with Crippen LogP contribution in [-0.4, -0.2) is 17.9 Å². The summed E-state index contributed by atoms with van der Waals surface area (Å²) in [4.78, 5) is 23.6.